The molecule has 27 heavy (non-hydrogen) atoms. The first-order chi connectivity index (χ1) is 12.5. The number of nitrogens with one attached hydrogen (secondary N) is 1. The third kappa shape index (κ3) is 4.53. The summed E-state index contributed by atoms with van der Waals surface area (Å²) in [6.07, 6.45) is -0.339. The zero-order valence-electron chi connectivity index (χ0n) is 16.3. The van der Waals surface area contributed by atoms with Crippen molar-refractivity contribution >= 4 is 29.3 Å². The van der Waals surface area contributed by atoms with E-state index in [2.05, 4.69) is 10.3 Å². The summed E-state index contributed by atoms with van der Waals surface area (Å²) in [5, 5.41) is 12.7. The number of halogens is 1. The number of phenolic OH excluding ortho intramolecular Hbond substituents is 1. The molecule has 1 aromatic rings. The van der Waals surface area contributed by atoms with E-state index in [4.69, 9.17) is 21.1 Å². The summed E-state index contributed by atoms with van der Waals surface area (Å²) in [5.74, 6) is -1.39. The molecule has 2 N–H and O–H groups in total. The Balaban J connectivity index is 2.44. The van der Waals surface area contributed by atoms with E-state index >= 15 is 0 Å². The molecule has 0 aliphatic carbocycles. The van der Waals surface area contributed by atoms with Gasteiger partial charge in [0.15, 0.2) is 11.5 Å². The van der Waals surface area contributed by atoms with Crippen LogP contribution in [0.15, 0.2) is 17.1 Å². The summed E-state index contributed by atoms with van der Waals surface area (Å²) in [6.45, 7) is 9.34. The minimum Gasteiger partial charge on any atom is -0.503 e. The van der Waals surface area contributed by atoms with E-state index in [9.17, 15) is 14.7 Å². The molecule has 1 aliphatic heterocycles. The van der Waals surface area contributed by atoms with Crippen molar-refractivity contribution in [2.75, 3.05) is 7.11 Å². The number of ether oxygens (including phenoxy) is 2. The second-order valence-electron chi connectivity index (χ2n) is 7.66. The lowest BCUT2D eigenvalue weighted by Crippen LogP contribution is -2.45. The highest BCUT2D eigenvalue weighted by Gasteiger charge is 2.40. The summed E-state index contributed by atoms with van der Waals surface area (Å²) in [4.78, 5) is 28.7. The molecule has 3 atom stereocenters. The van der Waals surface area contributed by atoms with Gasteiger partial charge in [-0.1, -0.05) is 32.4 Å². The van der Waals surface area contributed by atoms with Crippen molar-refractivity contribution in [3.8, 4) is 11.5 Å². The van der Waals surface area contributed by atoms with Gasteiger partial charge in [-0.25, -0.2) is 9.79 Å². The fraction of sp³-hybridized carbons (Fsp3) is 0.526. The Morgan fingerprint density at radius 1 is 1.37 bits per heavy atom. The molecule has 2 rings (SSSR count). The Morgan fingerprint density at radius 3 is 2.56 bits per heavy atom. The third-order valence-electron chi connectivity index (χ3n) is 4.74. The normalized spacial score (nSPS) is 21.1. The minimum atomic E-state index is -0.821. The lowest BCUT2D eigenvalue weighted by atomic mass is 9.87. The number of benzene rings is 1. The third-order valence-corrected chi connectivity index (χ3v) is 5.02. The van der Waals surface area contributed by atoms with E-state index in [0.717, 1.165) is 0 Å². The standard InChI is InChI=1S/C19H25ClN2O5/c1-9-14(17(24)27-10(2)19(3,4)5)15(22-18(25)21-9)11-7-12(20)16(23)13(8-11)26-6/h7-8,10,14-15,23H,1-6H3,(H,22,25). The molecule has 0 radical (unpaired) electrons. The molecule has 0 fully saturated rings. The SMILES string of the molecule is COc1cc(C2NC(=O)N=C(C)C2C(=O)OC(C)C(C)(C)C)cc(Cl)c1O. The van der Waals surface area contributed by atoms with Crippen molar-refractivity contribution in [2.45, 2.75) is 46.8 Å². The number of hydrogen-bond acceptors (Lipinski definition) is 5. The molecule has 0 saturated heterocycles. The average Bonchev–Trinajstić information content (AvgIpc) is 2.55. The van der Waals surface area contributed by atoms with Gasteiger partial charge in [-0.2, -0.15) is 0 Å². The highest BCUT2D eigenvalue weighted by Crippen LogP contribution is 2.39. The van der Waals surface area contributed by atoms with Crippen LogP contribution in [-0.2, 0) is 9.53 Å². The Labute approximate surface area is 163 Å². The molecule has 0 aromatic heterocycles. The van der Waals surface area contributed by atoms with Crippen LogP contribution >= 0.6 is 11.6 Å². The molecule has 3 unspecified atom stereocenters. The van der Waals surface area contributed by atoms with Crippen LogP contribution in [0.3, 0.4) is 0 Å². The number of rotatable bonds is 4. The maximum atomic E-state index is 12.9. The number of phenols is 1. The fourth-order valence-electron chi connectivity index (χ4n) is 2.66. The Bertz CT molecular complexity index is 785. The smallest absolute Gasteiger partial charge is 0.341 e. The van der Waals surface area contributed by atoms with E-state index < -0.39 is 24.0 Å². The molecule has 0 spiro atoms. The molecule has 1 aromatic carbocycles. The van der Waals surface area contributed by atoms with Gasteiger partial charge >= 0.3 is 12.0 Å². The van der Waals surface area contributed by atoms with Crippen LogP contribution in [0.5, 0.6) is 11.5 Å². The largest absolute Gasteiger partial charge is 0.503 e. The van der Waals surface area contributed by atoms with E-state index in [-0.39, 0.29) is 28.0 Å². The van der Waals surface area contributed by atoms with Crippen molar-refractivity contribution in [3.05, 3.63) is 22.7 Å². The number of amides is 2. The quantitative estimate of drug-likeness (QED) is 0.753. The number of carbonyl (C=O) groups is 2. The maximum Gasteiger partial charge on any atom is 0.341 e. The van der Waals surface area contributed by atoms with Gasteiger partial charge in [0.25, 0.3) is 0 Å². The van der Waals surface area contributed by atoms with Gasteiger partial charge < -0.3 is 19.9 Å². The van der Waals surface area contributed by atoms with Crippen LogP contribution in [0.4, 0.5) is 4.79 Å². The maximum absolute atomic E-state index is 12.9. The van der Waals surface area contributed by atoms with Crippen LogP contribution in [-0.4, -0.2) is 36.0 Å². The number of aliphatic imine (C=N–C) groups is 1. The van der Waals surface area contributed by atoms with E-state index in [1.54, 1.807) is 6.92 Å². The molecule has 0 saturated carbocycles. The molecule has 1 heterocycles. The molecule has 7 nitrogen and oxygen atoms in total. The van der Waals surface area contributed by atoms with Crippen molar-refractivity contribution in [2.24, 2.45) is 16.3 Å². The van der Waals surface area contributed by atoms with Crippen LogP contribution < -0.4 is 10.1 Å². The zero-order chi connectivity index (χ0) is 20.5. The van der Waals surface area contributed by atoms with E-state index in [0.29, 0.717) is 11.3 Å². The topological polar surface area (TPSA) is 97.2 Å². The fourth-order valence-corrected chi connectivity index (χ4v) is 2.87. The van der Waals surface area contributed by atoms with Crippen molar-refractivity contribution in [3.63, 3.8) is 0 Å². The van der Waals surface area contributed by atoms with Gasteiger partial charge in [-0.05, 0) is 37.0 Å². The molecular formula is C19H25ClN2O5. The number of urea groups is 1. The zero-order valence-corrected chi connectivity index (χ0v) is 17.0. The van der Waals surface area contributed by atoms with Gasteiger partial charge in [-0.15, -0.1) is 0 Å². The molecule has 1 aliphatic rings. The molecule has 148 valence electrons. The first-order valence-electron chi connectivity index (χ1n) is 8.58. The van der Waals surface area contributed by atoms with Crippen LogP contribution in [0.1, 0.15) is 46.2 Å². The summed E-state index contributed by atoms with van der Waals surface area (Å²) in [5.41, 5.74) is 0.611. The molecule has 0 bridgehead atoms. The summed E-state index contributed by atoms with van der Waals surface area (Å²) >= 11 is 6.07. The molecular weight excluding hydrogens is 372 g/mol. The monoisotopic (exact) mass is 396 g/mol. The van der Waals surface area contributed by atoms with E-state index in [1.165, 1.54) is 19.2 Å². The second kappa shape index (κ2) is 7.76. The average molecular weight is 397 g/mol. The van der Waals surface area contributed by atoms with Gasteiger partial charge in [0.2, 0.25) is 0 Å². The van der Waals surface area contributed by atoms with Crippen molar-refractivity contribution in [1.82, 2.24) is 5.32 Å². The number of hydrogen-bond donors (Lipinski definition) is 2. The van der Waals surface area contributed by atoms with E-state index in [1.807, 2.05) is 27.7 Å². The Kier molecular flexibility index (Phi) is 6.04. The van der Waals surface area contributed by atoms with Gasteiger partial charge in [0.05, 0.1) is 18.2 Å². The number of carbonyl (C=O) groups excluding carboxylic acids is 2. The second-order valence-corrected chi connectivity index (χ2v) is 8.06. The van der Waals surface area contributed by atoms with Crippen molar-refractivity contribution < 1.29 is 24.2 Å². The first-order valence-corrected chi connectivity index (χ1v) is 8.96. The van der Waals surface area contributed by atoms with Crippen LogP contribution in [0.2, 0.25) is 5.02 Å². The number of methoxy groups -OCH3 is 1. The number of nitrogens with zero attached hydrogens (tertiary/aromatic N) is 1. The summed E-state index contributed by atoms with van der Waals surface area (Å²) < 4.78 is 10.8. The lowest BCUT2D eigenvalue weighted by Gasteiger charge is -2.33. The number of aromatic hydroxyl groups is 1. The summed E-state index contributed by atoms with van der Waals surface area (Å²) in [6, 6.07) is 1.70. The molecule has 2 amide bonds. The Hall–Kier alpha value is -2.28. The van der Waals surface area contributed by atoms with Crippen molar-refractivity contribution in [1.29, 1.82) is 0 Å². The number of esters is 1. The highest BCUT2D eigenvalue weighted by atomic mass is 35.5. The Morgan fingerprint density at radius 2 is 2.00 bits per heavy atom. The lowest BCUT2D eigenvalue weighted by molar-refractivity contribution is -0.156. The van der Waals surface area contributed by atoms with Crippen LogP contribution in [0, 0.1) is 11.3 Å². The van der Waals surface area contributed by atoms with Gasteiger partial charge in [0, 0.05) is 5.71 Å². The van der Waals surface area contributed by atoms with Gasteiger partial charge in [0.1, 0.15) is 12.0 Å². The minimum absolute atomic E-state index is 0.0499. The first kappa shape index (κ1) is 21.0. The predicted octanol–water partition coefficient (Wildman–Crippen LogP) is 3.87. The highest BCUT2D eigenvalue weighted by molar-refractivity contribution is 6.32. The molecule has 8 heteroatoms. The summed E-state index contributed by atoms with van der Waals surface area (Å²) in [7, 11) is 1.39. The van der Waals surface area contributed by atoms with Crippen LogP contribution in [0.25, 0.3) is 0 Å². The van der Waals surface area contributed by atoms with Gasteiger partial charge in [-0.3, -0.25) is 4.79 Å². The predicted molar refractivity (Wildman–Crippen MR) is 103 cm³/mol.